The standard InChI is InChI=1S/C22H24N4O/c1-17-9-11-19(12-10-17)14-25-21-16-24-20(15-26-21)22(27)23-13-5-8-18-6-3-2-4-7-18/h2-4,6-7,9-12,15-16H,5,8,13-14H2,1H3,(H,23,27)(H,25,26). The normalized spacial score (nSPS) is 10.4. The van der Waals surface area contributed by atoms with Crippen LogP contribution in [-0.2, 0) is 13.0 Å². The zero-order valence-corrected chi connectivity index (χ0v) is 15.5. The van der Waals surface area contributed by atoms with E-state index in [9.17, 15) is 4.79 Å². The van der Waals surface area contributed by atoms with E-state index in [2.05, 4.69) is 63.9 Å². The molecule has 0 atom stereocenters. The summed E-state index contributed by atoms with van der Waals surface area (Å²) in [7, 11) is 0. The SMILES string of the molecule is Cc1ccc(CNc2cnc(C(=O)NCCCc3ccccc3)cn2)cc1. The van der Waals surface area contributed by atoms with E-state index in [4.69, 9.17) is 0 Å². The average molecular weight is 360 g/mol. The van der Waals surface area contributed by atoms with Crippen LogP contribution in [0.5, 0.6) is 0 Å². The quantitative estimate of drug-likeness (QED) is 0.600. The molecule has 27 heavy (non-hydrogen) atoms. The Balaban J connectivity index is 1.42. The summed E-state index contributed by atoms with van der Waals surface area (Å²) < 4.78 is 0. The number of benzene rings is 2. The highest BCUT2D eigenvalue weighted by Gasteiger charge is 2.07. The number of carbonyl (C=O) groups excluding carboxylic acids is 1. The first-order valence-electron chi connectivity index (χ1n) is 9.14. The van der Waals surface area contributed by atoms with E-state index in [0.29, 0.717) is 24.6 Å². The molecule has 0 radical (unpaired) electrons. The molecule has 3 aromatic rings. The predicted octanol–water partition coefficient (Wildman–Crippen LogP) is 3.76. The molecule has 3 rings (SSSR count). The van der Waals surface area contributed by atoms with Gasteiger partial charge in [-0.1, -0.05) is 60.2 Å². The van der Waals surface area contributed by atoms with E-state index in [0.717, 1.165) is 12.8 Å². The van der Waals surface area contributed by atoms with Gasteiger partial charge in [-0.3, -0.25) is 4.79 Å². The Kier molecular flexibility index (Phi) is 6.52. The fraction of sp³-hybridized carbons (Fsp3) is 0.227. The van der Waals surface area contributed by atoms with E-state index in [1.165, 1.54) is 22.9 Å². The van der Waals surface area contributed by atoms with Crippen molar-refractivity contribution in [2.45, 2.75) is 26.3 Å². The summed E-state index contributed by atoms with van der Waals surface area (Å²) in [6.07, 6.45) is 4.92. The Hall–Kier alpha value is -3.21. The molecule has 0 saturated carbocycles. The van der Waals surface area contributed by atoms with Crippen molar-refractivity contribution in [3.8, 4) is 0 Å². The van der Waals surface area contributed by atoms with E-state index in [-0.39, 0.29) is 5.91 Å². The van der Waals surface area contributed by atoms with Gasteiger partial charge in [0.2, 0.25) is 0 Å². The van der Waals surface area contributed by atoms with E-state index in [1.54, 1.807) is 6.20 Å². The van der Waals surface area contributed by atoms with Crippen LogP contribution in [0, 0.1) is 6.92 Å². The highest BCUT2D eigenvalue weighted by molar-refractivity contribution is 5.91. The van der Waals surface area contributed by atoms with Gasteiger partial charge in [0.1, 0.15) is 11.5 Å². The third-order valence-electron chi connectivity index (χ3n) is 4.25. The largest absolute Gasteiger partial charge is 0.365 e. The smallest absolute Gasteiger partial charge is 0.271 e. The lowest BCUT2D eigenvalue weighted by Crippen LogP contribution is -2.25. The first-order chi connectivity index (χ1) is 13.2. The number of aromatic nitrogens is 2. The lowest BCUT2D eigenvalue weighted by molar-refractivity contribution is 0.0948. The topological polar surface area (TPSA) is 66.9 Å². The van der Waals surface area contributed by atoms with Crippen LogP contribution in [0.25, 0.3) is 0 Å². The molecule has 0 saturated heterocycles. The van der Waals surface area contributed by atoms with Crippen LogP contribution < -0.4 is 10.6 Å². The molecule has 1 aromatic heterocycles. The molecule has 2 aromatic carbocycles. The number of rotatable bonds is 8. The summed E-state index contributed by atoms with van der Waals surface area (Å²) >= 11 is 0. The second-order valence-corrected chi connectivity index (χ2v) is 6.47. The number of nitrogens with one attached hydrogen (secondary N) is 2. The van der Waals surface area contributed by atoms with Crippen LogP contribution in [0.1, 0.15) is 33.6 Å². The second kappa shape index (κ2) is 9.48. The highest BCUT2D eigenvalue weighted by atomic mass is 16.1. The monoisotopic (exact) mass is 360 g/mol. The van der Waals surface area contributed by atoms with Crippen LogP contribution >= 0.6 is 0 Å². The van der Waals surface area contributed by atoms with Gasteiger partial charge in [0, 0.05) is 13.1 Å². The van der Waals surface area contributed by atoms with Gasteiger partial charge in [-0.05, 0) is 30.9 Å². The minimum Gasteiger partial charge on any atom is -0.365 e. The predicted molar refractivity (Wildman–Crippen MR) is 108 cm³/mol. The van der Waals surface area contributed by atoms with Crippen molar-refractivity contribution >= 4 is 11.7 Å². The molecule has 0 aliphatic carbocycles. The summed E-state index contributed by atoms with van der Waals surface area (Å²) in [5.74, 6) is 0.455. The van der Waals surface area contributed by atoms with Gasteiger partial charge in [0.15, 0.2) is 0 Å². The van der Waals surface area contributed by atoms with Crippen molar-refractivity contribution in [1.29, 1.82) is 0 Å². The van der Waals surface area contributed by atoms with Crippen LogP contribution in [0.4, 0.5) is 5.82 Å². The first kappa shape index (κ1) is 18.6. The molecule has 2 N–H and O–H groups in total. The van der Waals surface area contributed by atoms with Crippen molar-refractivity contribution in [3.05, 3.63) is 89.4 Å². The van der Waals surface area contributed by atoms with Crippen LogP contribution in [0.2, 0.25) is 0 Å². The molecule has 5 heteroatoms. The Bertz CT molecular complexity index is 846. The van der Waals surface area contributed by atoms with E-state index < -0.39 is 0 Å². The summed E-state index contributed by atoms with van der Waals surface area (Å²) in [4.78, 5) is 20.6. The van der Waals surface area contributed by atoms with Crippen molar-refractivity contribution in [1.82, 2.24) is 15.3 Å². The second-order valence-electron chi connectivity index (χ2n) is 6.47. The summed E-state index contributed by atoms with van der Waals surface area (Å²) in [5, 5.41) is 6.10. The zero-order valence-electron chi connectivity index (χ0n) is 15.5. The fourth-order valence-electron chi connectivity index (χ4n) is 2.66. The summed E-state index contributed by atoms with van der Waals surface area (Å²) in [5.41, 5.74) is 4.01. The minimum absolute atomic E-state index is 0.194. The minimum atomic E-state index is -0.194. The molecule has 5 nitrogen and oxygen atoms in total. The molecule has 138 valence electrons. The third-order valence-corrected chi connectivity index (χ3v) is 4.25. The number of amides is 1. The zero-order chi connectivity index (χ0) is 18.9. The van der Waals surface area contributed by atoms with Gasteiger partial charge in [-0.2, -0.15) is 0 Å². The van der Waals surface area contributed by atoms with Crippen LogP contribution in [-0.4, -0.2) is 22.4 Å². The Labute approximate surface area is 159 Å². The lowest BCUT2D eigenvalue weighted by Gasteiger charge is -2.07. The number of hydrogen-bond acceptors (Lipinski definition) is 4. The summed E-state index contributed by atoms with van der Waals surface area (Å²) in [6.45, 7) is 3.34. The molecule has 0 aliphatic rings. The maximum Gasteiger partial charge on any atom is 0.271 e. The van der Waals surface area contributed by atoms with Gasteiger partial charge in [0.05, 0.1) is 12.4 Å². The van der Waals surface area contributed by atoms with Gasteiger partial charge in [-0.25, -0.2) is 9.97 Å². The molecule has 0 spiro atoms. The molecule has 0 fully saturated rings. The van der Waals surface area contributed by atoms with Crippen molar-refractivity contribution in [2.75, 3.05) is 11.9 Å². The average Bonchev–Trinajstić information content (AvgIpc) is 2.72. The molecule has 0 aliphatic heterocycles. The third kappa shape index (κ3) is 5.92. The highest BCUT2D eigenvalue weighted by Crippen LogP contribution is 2.07. The van der Waals surface area contributed by atoms with Gasteiger partial charge in [-0.15, -0.1) is 0 Å². The number of carbonyl (C=O) groups is 1. The maximum atomic E-state index is 12.1. The fourth-order valence-corrected chi connectivity index (χ4v) is 2.66. The van der Waals surface area contributed by atoms with Crippen molar-refractivity contribution < 1.29 is 4.79 Å². The van der Waals surface area contributed by atoms with Crippen LogP contribution in [0.15, 0.2) is 67.0 Å². The van der Waals surface area contributed by atoms with E-state index in [1.807, 2.05) is 18.2 Å². The first-order valence-corrected chi connectivity index (χ1v) is 9.14. The Morgan fingerprint density at radius 2 is 1.70 bits per heavy atom. The van der Waals surface area contributed by atoms with Gasteiger partial charge < -0.3 is 10.6 Å². The van der Waals surface area contributed by atoms with Crippen molar-refractivity contribution in [2.24, 2.45) is 0 Å². The molecular formula is C22H24N4O. The van der Waals surface area contributed by atoms with Gasteiger partial charge in [0.25, 0.3) is 5.91 Å². The number of hydrogen-bond donors (Lipinski definition) is 2. The molecule has 0 unspecified atom stereocenters. The number of aryl methyl sites for hydroxylation is 2. The van der Waals surface area contributed by atoms with Crippen LogP contribution in [0.3, 0.4) is 0 Å². The Morgan fingerprint density at radius 3 is 2.41 bits per heavy atom. The Morgan fingerprint density at radius 1 is 0.926 bits per heavy atom. The van der Waals surface area contributed by atoms with E-state index >= 15 is 0 Å². The maximum absolute atomic E-state index is 12.1. The van der Waals surface area contributed by atoms with Gasteiger partial charge >= 0.3 is 0 Å². The number of anilines is 1. The molecular weight excluding hydrogens is 336 g/mol. The molecule has 1 heterocycles. The summed E-state index contributed by atoms with van der Waals surface area (Å²) in [6, 6.07) is 18.5. The lowest BCUT2D eigenvalue weighted by atomic mass is 10.1. The van der Waals surface area contributed by atoms with Crippen molar-refractivity contribution in [3.63, 3.8) is 0 Å². The molecule has 1 amide bonds. The molecule has 0 bridgehead atoms. The number of nitrogens with zero attached hydrogens (tertiary/aromatic N) is 2.